The van der Waals surface area contributed by atoms with Crippen molar-refractivity contribution in [2.24, 2.45) is 0 Å². The third-order valence-corrected chi connectivity index (χ3v) is 8.56. The molecular weight excluding hydrogens is 594 g/mol. The molecule has 3 rings (SSSR count). The van der Waals surface area contributed by atoms with Crippen LogP contribution < -0.4 is 14.4 Å². The third-order valence-electron chi connectivity index (χ3n) is 6.17. The summed E-state index contributed by atoms with van der Waals surface area (Å²) in [4.78, 5) is 28.5. The van der Waals surface area contributed by atoms with Gasteiger partial charge in [-0.1, -0.05) is 48.0 Å². The highest BCUT2D eigenvalue weighted by atomic mass is 79.9. The van der Waals surface area contributed by atoms with Gasteiger partial charge in [-0.3, -0.25) is 13.9 Å². The van der Waals surface area contributed by atoms with Crippen molar-refractivity contribution in [2.75, 3.05) is 18.0 Å². The second-order valence-corrected chi connectivity index (χ2v) is 13.3. The molecule has 0 bridgehead atoms. The fraction of sp³-hybridized carbons (Fsp3) is 0.333. The SMILES string of the molecule is COc1ccc(S(=O)(=O)N(CC(=O)N(Cc2ccccc2)C(C)C(=O)NC(C)(C)C)c2ccc(C)cc2)cc1Br. The monoisotopic (exact) mass is 629 g/mol. The van der Waals surface area contributed by atoms with E-state index in [1.807, 2.05) is 58.0 Å². The molecule has 0 aliphatic rings. The number of carbonyl (C=O) groups is 2. The predicted octanol–water partition coefficient (Wildman–Crippen LogP) is 5.29. The van der Waals surface area contributed by atoms with Gasteiger partial charge in [0.25, 0.3) is 10.0 Å². The molecule has 1 atom stereocenters. The van der Waals surface area contributed by atoms with E-state index in [0.29, 0.717) is 15.9 Å². The van der Waals surface area contributed by atoms with Gasteiger partial charge in [-0.05, 0) is 86.4 Å². The van der Waals surface area contributed by atoms with Crippen LogP contribution in [-0.4, -0.2) is 50.4 Å². The summed E-state index contributed by atoms with van der Waals surface area (Å²) in [5.74, 6) is -0.373. The van der Waals surface area contributed by atoms with E-state index in [1.165, 1.54) is 24.1 Å². The molecule has 0 aliphatic carbocycles. The number of nitrogens with zero attached hydrogens (tertiary/aromatic N) is 2. The van der Waals surface area contributed by atoms with Crippen LogP contribution >= 0.6 is 15.9 Å². The van der Waals surface area contributed by atoms with Crippen LogP contribution in [0.3, 0.4) is 0 Å². The van der Waals surface area contributed by atoms with E-state index in [4.69, 9.17) is 4.74 Å². The summed E-state index contributed by atoms with van der Waals surface area (Å²) < 4.78 is 34.8. The third kappa shape index (κ3) is 7.85. The Labute approximate surface area is 245 Å². The molecule has 0 aromatic heterocycles. The van der Waals surface area contributed by atoms with Gasteiger partial charge in [0.15, 0.2) is 0 Å². The molecule has 10 heteroatoms. The number of anilines is 1. The molecule has 214 valence electrons. The zero-order chi connectivity index (χ0) is 29.7. The van der Waals surface area contributed by atoms with Crippen LogP contribution in [0.1, 0.15) is 38.8 Å². The van der Waals surface area contributed by atoms with Gasteiger partial charge in [0.2, 0.25) is 11.8 Å². The van der Waals surface area contributed by atoms with Crippen LogP contribution in [0.15, 0.2) is 82.2 Å². The Kier molecular flexibility index (Phi) is 10.0. The lowest BCUT2D eigenvalue weighted by Gasteiger charge is -2.33. The fourth-order valence-corrected chi connectivity index (χ4v) is 6.14. The second-order valence-electron chi connectivity index (χ2n) is 10.6. The Morgan fingerprint density at radius 1 is 1.00 bits per heavy atom. The summed E-state index contributed by atoms with van der Waals surface area (Å²) in [6.45, 7) is 8.75. The summed E-state index contributed by atoms with van der Waals surface area (Å²) in [7, 11) is -2.70. The van der Waals surface area contributed by atoms with Crippen LogP contribution in [0.25, 0.3) is 0 Å². The first kappa shape index (κ1) is 31.2. The standard InChI is InChI=1S/C30H36BrN3O5S/c1-21-12-14-24(15-13-21)34(40(37,38)25-16-17-27(39-6)26(31)18-25)20-28(35)33(19-23-10-8-7-9-11-23)22(2)29(36)32-30(3,4)5/h7-18,22H,19-20H2,1-6H3,(H,32,36). The highest BCUT2D eigenvalue weighted by Crippen LogP contribution is 2.31. The van der Waals surface area contributed by atoms with Crippen LogP contribution in [0.5, 0.6) is 5.75 Å². The normalized spacial score (nSPS) is 12.4. The minimum absolute atomic E-state index is 0.0123. The summed E-state index contributed by atoms with van der Waals surface area (Å²) >= 11 is 3.36. The molecule has 3 aromatic rings. The van der Waals surface area contributed by atoms with E-state index in [1.54, 1.807) is 37.3 Å². The molecule has 3 aromatic carbocycles. The highest BCUT2D eigenvalue weighted by molar-refractivity contribution is 9.10. The average Bonchev–Trinajstić information content (AvgIpc) is 2.90. The number of nitrogens with one attached hydrogen (secondary N) is 1. The van der Waals surface area contributed by atoms with Crippen LogP contribution in [0.2, 0.25) is 0 Å². The van der Waals surface area contributed by atoms with E-state index < -0.39 is 34.1 Å². The molecule has 0 radical (unpaired) electrons. The molecule has 0 fully saturated rings. The maximum atomic E-state index is 14.0. The second kappa shape index (κ2) is 12.9. The van der Waals surface area contributed by atoms with Crippen molar-refractivity contribution in [1.82, 2.24) is 10.2 Å². The molecule has 0 saturated heterocycles. The Balaban J connectivity index is 2.04. The van der Waals surface area contributed by atoms with Crippen molar-refractivity contribution in [3.05, 3.63) is 88.4 Å². The van der Waals surface area contributed by atoms with Gasteiger partial charge >= 0.3 is 0 Å². The molecule has 0 heterocycles. The number of halogens is 1. The van der Waals surface area contributed by atoms with Crippen molar-refractivity contribution >= 4 is 43.5 Å². The number of sulfonamides is 1. The van der Waals surface area contributed by atoms with E-state index >= 15 is 0 Å². The first-order valence-electron chi connectivity index (χ1n) is 12.8. The maximum Gasteiger partial charge on any atom is 0.264 e. The Hall–Kier alpha value is -3.37. The molecular formula is C30H36BrN3O5S. The molecule has 40 heavy (non-hydrogen) atoms. The molecule has 2 amide bonds. The van der Waals surface area contributed by atoms with E-state index in [-0.39, 0.29) is 17.3 Å². The average molecular weight is 631 g/mol. The minimum Gasteiger partial charge on any atom is -0.496 e. The highest BCUT2D eigenvalue weighted by Gasteiger charge is 2.33. The number of benzene rings is 3. The van der Waals surface area contributed by atoms with Gasteiger partial charge in [0, 0.05) is 12.1 Å². The summed E-state index contributed by atoms with van der Waals surface area (Å²) in [6, 6.07) is 19.8. The van der Waals surface area contributed by atoms with Crippen LogP contribution in [0.4, 0.5) is 5.69 Å². The molecule has 0 aliphatic heterocycles. The van der Waals surface area contributed by atoms with E-state index in [0.717, 1.165) is 15.4 Å². The predicted molar refractivity (Wildman–Crippen MR) is 161 cm³/mol. The molecule has 0 saturated carbocycles. The van der Waals surface area contributed by atoms with Gasteiger partial charge in [0.1, 0.15) is 18.3 Å². The fourth-order valence-electron chi connectivity index (χ4n) is 4.01. The molecule has 1 unspecified atom stereocenters. The largest absolute Gasteiger partial charge is 0.496 e. The number of hydrogen-bond donors (Lipinski definition) is 1. The quantitative estimate of drug-likeness (QED) is 0.329. The Bertz CT molecular complexity index is 1440. The zero-order valence-corrected chi connectivity index (χ0v) is 26.0. The maximum absolute atomic E-state index is 14.0. The Morgan fingerprint density at radius 3 is 2.17 bits per heavy atom. The van der Waals surface area contributed by atoms with Crippen LogP contribution in [-0.2, 0) is 26.2 Å². The lowest BCUT2D eigenvalue weighted by Crippen LogP contribution is -2.54. The van der Waals surface area contributed by atoms with Gasteiger partial charge in [-0.2, -0.15) is 0 Å². The number of amides is 2. The zero-order valence-electron chi connectivity index (χ0n) is 23.6. The lowest BCUT2D eigenvalue weighted by atomic mass is 10.1. The van der Waals surface area contributed by atoms with Crippen molar-refractivity contribution in [1.29, 1.82) is 0 Å². The summed E-state index contributed by atoms with van der Waals surface area (Å²) in [6.07, 6.45) is 0. The van der Waals surface area contributed by atoms with Crippen molar-refractivity contribution in [3.8, 4) is 5.75 Å². The van der Waals surface area contributed by atoms with E-state index in [2.05, 4.69) is 21.2 Å². The van der Waals surface area contributed by atoms with Gasteiger partial charge in [-0.15, -0.1) is 0 Å². The summed E-state index contributed by atoms with van der Waals surface area (Å²) in [5.41, 5.74) is 1.58. The van der Waals surface area contributed by atoms with Gasteiger partial charge in [0.05, 0.1) is 22.2 Å². The number of aryl methyl sites for hydroxylation is 1. The van der Waals surface area contributed by atoms with Gasteiger partial charge in [-0.25, -0.2) is 8.42 Å². The van der Waals surface area contributed by atoms with Crippen molar-refractivity contribution in [3.63, 3.8) is 0 Å². The van der Waals surface area contributed by atoms with Crippen molar-refractivity contribution < 1.29 is 22.7 Å². The van der Waals surface area contributed by atoms with Gasteiger partial charge < -0.3 is 15.0 Å². The first-order chi connectivity index (χ1) is 18.7. The molecule has 8 nitrogen and oxygen atoms in total. The molecule has 1 N–H and O–H groups in total. The van der Waals surface area contributed by atoms with Crippen LogP contribution in [0, 0.1) is 6.92 Å². The summed E-state index contributed by atoms with van der Waals surface area (Å²) in [5, 5.41) is 2.92. The number of hydrogen-bond acceptors (Lipinski definition) is 5. The number of carbonyl (C=O) groups excluding carboxylic acids is 2. The number of rotatable bonds is 10. The number of methoxy groups -OCH3 is 1. The smallest absolute Gasteiger partial charge is 0.264 e. The lowest BCUT2D eigenvalue weighted by molar-refractivity contribution is -0.140. The van der Waals surface area contributed by atoms with E-state index in [9.17, 15) is 18.0 Å². The number of ether oxygens (including phenoxy) is 1. The van der Waals surface area contributed by atoms with Crippen molar-refractivity contribution in [2.45, 2.75) is 57.6 Å². The Morgan fingerprint density at radius 2 is 1.62 bits per heavy atom. The minimum atomic E-state index is -4.19. The first-order valence-corrected chi connectivity index (χ1v) is 15.0. The molecule has 0 spiro atoms. The topological polar surface area (TPSA) is 96.0 Å².